The van der Waals surface area contributed by atoms with Crippen LogP contribution in [0.15, 0.2) is 48.8 Å². The second-order valence-electron chi connectivity index (χ2n) is 11.5. The van der Waals surface area contributed by atoms with Crippen LogP contribution in [0.1, 0.15) is 142 Å². The van der Waals surface area contributed by atoms with E-state index >= 15 is 0 Å². The highest BCUT2D eigenvalue weighted by Crippen LogP contribution is 2.36. The lowest BCUT2D eigenvalue weighted by Crippen LogP contribution is -2.31. The first-order chi connectivity index (χ1) is 21.8. The number of allylic oxidation sites excluding steroid dienone is 7. The molecule has 0 saturated carbocycles. The van der Waals surface area contributed by atoms with E-state index in [0.717, 1.165) is 51.2 Å². The second-order valence-corrected chi connectivity index (χ2v) is 12.8. The van der Waals surface area contributed by atoms with E-state index in [1.807, 2.05) is 30.4 Å². The smallest absolute Gasteiger partial charge is 0.469 e. The zero-order chi connectivity index (χ0) is 33.3. The van der Waals surface area contributed by atoms with Crippen LogP contribution in [-0.4, -0.2) is 51.6 Å². The third kappa shape index (κ3) is 35.0. The number of carbonyl (C=O) groups is 1. The van der Waals surface area contributed by atoms with Crippen LogP contribution in [0.5, 0.6) is 0 Å². The van der Waals surface area contributed by atoms with Crippen LogP contribution in [0.25, 0.3) is 0 Å². The topological polar surface area (TPSA) is 143 Å². The third-order valence-corrected chi connectivity index (χ3v) is 7.73. The number of esters is 1. The summed E-state index contributed by atoms with van der Waals surface area (Å²) in [7, 11) is -4.73. The van der Waals surface area contributed by atoms with Crippen LogP contribution in [0, 0.1) is 0 Å². The quantitative estimate of drug-likeness (QED) is 0.0139. The van der Waals surface area contributed by atoms with Crippen LogP contribution < -0.4 is 0 Å². The molecule has 0 bridgehead atoms. The number of rotatable bonds is 32. The molecule has 0 amide bonds. The molecule has 0 aliphatic heterocycles. The summed E-state index contributed by atoms with van der Waals surface area (Å²) in [6.07, 6.45) is 34.2. The molecule has 0 radical (unpaired) electrons. The Bertz CT molecular complexity index is 835. The number of ether oxygens (including phenoxy) is 2. The minimum atomic E-state index is -4.73. The largest absolute Gasteiger partial charge is 0.516 e. The molecule has 0 aromatic carbocycles. The van der Waals surface area contributed by atoms with Crippen LogP contribution in [0.2, 0.25) is 0 Å². The van der Waals surface area contributed by atoms with Crippen molar-refractivity contribution in [3.8, 4) is 0 Å². The maximum atomic E-state index is 12.2. The van der Waals surface area contributed by atoms with Gasteiger partial charge in [0.2, 0.25) is 0 Å². The van der Waals surface area contributed by atoms with Crippen molar-refractivity contribution in [1.82, 2.24) is 0 Å². The molecule has 9 nitrogen and oxygen atoms in total. The zero-order valence-electron chi connectivity index (χ0n) is 27.8. The monoisotopic (exact) mass is 658 g/mol. The lowest BCUT2D eigenvalue weighted by atomic mass is 10.0. The van der Waals surface area contributed by atoms with E-state index in [0.29, 0.717) is 19.3 Å². The molecule has 0 rings (SSSR count). The molecule has 0 aliphatic rings. The summed E-state index contributed by atoms with van der Waals surface area (Å²) < 4.78 is 26.5. The van der Waals surface area contributed by atoms with Crippen molar-refractivity contribution >= 4 is 13.8 Å². The highest BCUT2D eigenvalue weighted by atomic mass is 31.2. The molecule has 10 heteroatoms. The van der Waals surface area contributed by atoms with Gasteiger partial charge in [-0.15, -0.1) is 0 Å². The number of hydrogen-bond acceptors (Lipinski definition) is 7. The number of aliphatic hydroxyl groups excluding tert-OH is 2. The molecule has 0 aliphatic carbocycles. The third-order valence-electron chi connectivity index (χ3n) is 7.25. The van der Waals surface area contributed by atoms with Crippen molar-refractivity contribution in [2.45, 2.75) is 154 Å². The van der Waals surface area contributed by atoms with Gasteiger partial charge >= 0.3 is 13.8 Å². The second kappa shape index (κ2) is 32.2. The molecular formula is C35H63O9P. The van der Waals surface area contributed by atoms with Crippen LogP contribution >= 0.6 is 7.82 Å². The Hall–Kier alpha value is -1.74. The summed E-state index contributed by atoms with van der Waals surface area (Å²) >= 11 is 0. The number of carbonyl (C=O) groups excluding carboxylic acids is 1. The molecule has 0 saturated heterocycles. The van der Waals surface area contributed by atoms with Crippen molar-refractivity contribution in [1.29, 1.82) is 0 Å². The minimum Gasteiger partial charge on any atom is -0.516 e. The molecule has 4 N–H and O–H groups in total. The van der Waals surface area contributed by atoms with Crippen molar-refractivity contribution in [2.75, 3.05) is 13.2 Å². The molecule has 1 unspecified atom stereocenters. The molecule has 0 aromatic heterocycles. The van der Waals surface area contributed by atoms with E-state index < -0.39 is 32.8 Å². The fourth-order valence-electron chi connectivity index (χ4n) is 4.68. The molecule has 0 fully saturated rings. The summed E-state index contributed by atoms with van der Waals surface area (Å²) in [5.74, 6) is -0.418. The Labute approximate surface area is 273 Å². The fourth-order valence-corrected chi connectivity index (χ4v) is 5.04. The Morgan fingerprint density at radius 1 is 0.711 bits per heavy atom. The summed E-state index contributed by atoms with van der Waals surface area (Å²) in [5.41, 5.74) is 0. The lowest BCUT2D eigenvalue weighted by molar-refractivity contribution is -0.174. The minimum absolute atomic E-state index is 0.240. The summed E-state index contributed by atoms with van der Waals surface area (Å²) in [6, 6.07) is 0. The summed E-state index contributed by atoms with van der Waals surface area (Å²) in [5, 5.41) is 18.9. The summed E-state index contributed by atoms with van der Waals surface area (Å²) in [6.45, 7) is 1.50. The Morgan fingerprint density at radius 2 is 1.27 bits per heavy atom. The van der Waals surface area contributed by atoms with Gasteiger partial charge in [-0.2, -0.15) is 0 Å². The van der Waals surface area contributed by atoms with Crippen molar-refractivity contribution in [3.63, 3.8) is 0 Å². The normalized spacial score (nSPS) is 14.0. The first-order valence-corrected chi connectivity index (χ1v) is 18.8. The molecule has 2 atom stereocenters. The predicted octanol–water partition coefficient (Wildman–Crippen LogP) is 9.29. The van der Waals surface area contributed by atoms with Gasteiger partial charge in [0, 0.05) is 6.42 Å². The lowest BCUT2D eigenvalue weighted by Gasteiger charge is -2.21. The zero-order valence-corrected chi connectivity index (χ0v) is 28.7. The van der Waals surface area contributed by atoms with Crippen LogP contribution in [-0.2, 0) is 23.4 Å². The number of hydrogen-bond donors (Lipinski definition) is 4. The molecule has 0 heterocycles. The van der Waals surface area contributed by atoms with Crippen LogP contribution in [0.3, 0.4) is 0 Å². The van der Waals surface area contributed by atoms with E-state index in [4.69, 9.17) is 24.4 Å². The van der Waals surface area contributed by atoms with Gasteiger partial charge in [-0.05, 0) is 44.6 Å². The van der Waals surface area contributed by atoms with Gasteiger partial charge in [0.25, 0.3) is 0 Å². The molecular weight excluding hydrogens is 595 g/mol. The fraction of sp³-hybridized carbons (Fsp3) is 0.743. The highest BCUT2D eigenvalue weighted by molar-refractivity contribution is 7.46. The molecule has 0 spiro atoms. The highest BCUT2D eigenvalue weighted by Gasteiger charge is 2.22. The van der Waals surface area contributed by atoms with E-state index in [9.17, 15) is 14.5 Å². The first kappa shape index (κ1) is 43.3. The number of unbranched alkanes of at least 4 members (excludes halogenated alkanes) is 16. The number of phosphoric ester groups is 1. The van der Waals surface area contributed by atoms with Crippen LogP contribution in [0.4, 0.5) is 0 Å². The van der Waals surface area contributed by atoms with Gasteiger partial charge < -0.3 is 29.5 Å². The molecule has 262 valence electrons. The van der Waals surface area contributed by atoms with Crippen molar-refractivity contribution in [3.05, 3.63) is 48.8 Å². The van der Waals surface area contributed by atoms with Gasteiger partial charge in [0.15, 0.2) is 6.29 Å². The first-order valence-electron chi connectivity index (χ1n) is 17.2. The van der Waals surface area contributed by atoms with Crippen molar-refractivity contribution < 1.29 is 43.4 Å². The molecule has 45 heavy (non-hydrogen) atoms. The average Bonchev–Trinajstić information content (AvgIpc) is 3.00. The van der Waals surface area contributed by atoms with E-state index in [-0.39, 0.29) is 13.0 Å². The maximum Gasteiger partial charge on any atom is 0.469 e. The van der Waals surface area contributed by atoms with E-state index in [1.54, 1.807) is 6.08 Å². The number of phosphoric acid groups is 1. The predicted molar refractivity (Wildman–Crippen MR) is 182 cm³/mol. The van der Waals surface area contributed by atoms with Gasteiger partial charge in [0.05, 0.1) is 12.9 Å². The number of aliphatic hydroxyl groups is 2. The van der Waals surface area contributed by atoms with E-state index in [1.165, 1.54) is 64.2 Å². The van der Waals surface area contributed by atoms with E-state index in [2.05, 4.69) is 17.5 Å². The summed E-state index contributed by atoms with van der Waals surface area (Å²) in [4.78, 5) is 30.3. The standard InChI is InChI=1S/C35H63O9P/c1-2-3-4-5-6-7-8-10-14-17-20-23-26-29-35(38)44-33(32-43-45(39,40)41)31-42-34(37)28-25-22-19-16-13-11-9-12-15-18-21-24-27-30-36/h9,11-12,15,18,21,27,30,33,35-36,38H,2-8,10,13-14,16-17,19-20,22-26,28-29,31-32H2,1H3,(H2,39,40,41)/b11-9-,15-12-,21-18+,30-27+/t33-,35?/m1/s1. The van der Waals surface area contributed by atoms with Gasteiger partial charge in [-0.25, -0.2) is 4.57 Å². The average molecular weight is 659 g/mol. The Balaban J connectivity index is 4.04. The Morgan fingerprint density at radius 3 is 1.87 bits per heavy atom. The van der Waals surface area contributed by atoms with Gasteiger partial charge in [-0.1, -0.05) is 133 Å². The van der Waals surface area contributed by atoms with Gasteiger partial charge in [-0.3, -0.25) is 9.32 Å². The molecule has 0 aromatic rings. The Kier molecular flexibility index (Phi) is 31.0. The van der Waals surface area contributed by atoms with Gasteiger partial charge in [0.1, 0.15) is 12.7 Å². The SMILES string of the molecule is CCCCCCCCCCCCCCCC(O)O[C@H](COC(=O)CCCCCC\C=C/C=C\C=C\C/C=C/O)COP(=O)(O)O. The maximum absolute atomic E-state index is 12.2. The van der Waals surface area contributed by atoms with Crippen molar-refractivity contribution in [2.24, 2.45) is 0 Å².